The first-order valence-corrected chi connectivity index (χ1v) is 9.63. The van der Waals surface area contributed by atoms with Crippen molar-refractivity contribution < 1.29 is 19.4 Å². The highest BCUT2D eigenvalue weighted by atomic mass is 16.5. The molecule has 0 bridgehead atoms. The minimum absolute atomic E-state index is 0.279. The number of quaternary nitrogens is 1. The highest BCUT2D eigenvalue weighted by molar-refractivity contribution is 5.60. The van der Waals surface area contributed by atoms with Gasteiger partial charge in [0.25, 0.3) is 0 Å². The van der Waals surface area contributed by atoms with E-state index in [4.69, 9.17) is 9.47 Å². The van der Waals surface area contributed by atoms with Crippen LogP contribution in [0.25, 0.3) is 0 Å². The van der Waals surface area contributed by atoms with Gasteiger partial charge < -0.3 is 25.0 Å². The van der Waals surface area contributed by atoms with Gasteiger partial charge in [-0.3, -0.25) is 0 Å². The highest BCUT2D eigenvalue weighted by Crippen LogP contribution is 2.26. The SMILES string of the molecule is COCCCNc1[nH+]c(NC[C@H]2CCCO2)c2c(c1C#N)CC[NH+](C)C2. The number of anilines is 2. The highest BCUT2D eigenvalue weighted by Gasteiger charge is 2.29. The van der Waals surface area contributed by atoms with Gasteiger partial charge in [0.15, 0.2) is 0 Å². The second kappa shape index (κ2) is 9.17. The molecule has 2 aliphatic rings. The first kappa shape index (κ1) is 18.9. The van der Waals surface area contributed by atoms with Gasteiger partial charge in [-0.25, -0.2) is 4.98 Å². The maximum atomic E-state index is 9.75. The fourth-order valence-electron chi connectivity index (χ4n) is 3.77. The summed E-state index contributed by atoms with van der Waals surface area (Å²) in [6.07, 6.45) is 4.36. The lowest BCUT2D eigenvalue weighted by Crippen LogP contribution is -3.08. The van der Waals surface area contributed by atoms with E-state index in [-0.39, 0.29) is 6.10 Å². The van der Waals surface area contributed by atoms with Gasteiger partial charge in [-0.1, -0.05) is 0 Å². The van der Waals surface area contributed by atoms with Crippen molar-refractivity contribution in [2.24, 2.45) is 0 Å². The maximum Gasteiger partial charge on any atom is 0.237 e. The van der Waals surface area contributed by atoms with Crippen molar-refractivity contribution in [2.45, 2.75) is 38.3 Å². The summed E-state index contributed by atoms with van der Waals surface area (Å²) in [5.74, 6) is 1.85. The maximum absolute atomic E-state index is 9.75. The molecule has 7 nitrogen and oxygen atoms in total. The van der Waals surface area contributed by atoms with E-state index in [0.29, 0.717) is 6.61 Å². The molecule has 1 aromatic heterocycles. The summed E-state index contributed by atoms with van der Waals surface area (Å²) < 4.78 is 10.9. The van der Waals surface area contributed by atoms with E-state index < -0.39 is 0 Å². The summed E-state index contributed by atoms with van der Waals surface area (Å²) in [6, 6.07) is 2.42. The third-order valence-corrected chi connectivity index (χ3v) is 5.22. The summed E-state index contributed by atoms with van der Waals surface area (Å²) in [6.45, 7) is 5.13. The van der Waals surface area contributed by atoms with Crippen LogP contribution in [0.5, 0.6) is 0 Å². The molecule has 142 valence electrons. The Kier molecular flexibility index (Phi) is 6.67. The van der Waals surface area contributed by atoms with E-state index >= 15 is 0 Å². The van der Waals surface area contributed by atoms with Crippen LogP contribution in [0.4, 0.5) is 11.6 Å². The molecule has 0 saturated carbocycles. The molecule has 1 fully saturated rings. The Bertz CT molecular complexity index is 652. The lowest BCUT2D eigenvalue weighted by Gasteiger charge is -2.24. The van der Waals surface area contributed by atoms with E-state index in [0.717, 1.165) is 75.7 Å². The molecule has 0 amide bonds. The van der Waals surface area contributed by atoms with Gasteiger partial charge in [-0.05, 0) is 18.4 Å². The average Bonchev–Trinajstić information content (AvgIpc) is 3.17. The third-order valence-electron chi connectivity index (χ3n) is 5.22. The van der Waals surface area contributed by atoms with Crippen LogP contribution in [-0.2, 0) is 22.4 Å². The Balaban J connectivity index is 1.83. The van der Waals surface area contributed by atoms with Gasteiger partial charge in [0.2, 0.25) is 11.6 Å². The van der Waals surface area contributed by atoms with Crippen LogP contribution in [0.1, 0.15) is 36.0 Å². The van der Waals surface area contributed by atoms with Crippen LogP contribution in [0.2, 0.25) is 0 Å². The first-order valence-electron chi connectivity index (χ1n) is 9.63. The van der Waals surface area contributed by atoms with Gasteiger partial charge in [0, 0.05) is 33.2 Å². The zero-order valence-electron chi connectivity index (χ0n) is 15.9. The summed E-state index contributed by atoms with van der Waals surface area (Å²) in [5.41, 5.74) is 3.18. The first-order chi connectivity index (χ1) is 12.7. The number of methoxy groups -OCH3 is 1. The number of nitrogens with one attached hydrogen (secondary N) is 4. The number of hydrogen-bond acceptors (Lipinski definition) is 5. The summed E-state index contributed by atoms with van der Waals surface area (Å²) in [4.78, 5) is 4.93. The molecule has 3 heterocycles. The summed E-state index contributed by atoms with van der Waals surface area (Å²) >= 11 is 0. The molecule has 1 saturated heterocycles. The minimum atomic E-state index is 0.279. The fourth-order valence-corrected chi connectivity index (χ4v) is 3.77. The Hall–Kier alpha value is -1.88. The number of aromatic amines is 1. The van der Waals surface area contributed by atoms with Gasteiger partial charge in [0.1, 0.15) is 18.2 Å². The monoisotopic (exact) mass is 361 g/mol. The number of nitrogens with zero attached hydrogens (tertiary/aromatic N) is 1. The Labute approximate surface area is 155 Å². The van der Waals surface area contributed by atoms with Crippen LogP contribution in [0.15, 0.2) is 0 Å². The minimum Gasteiger partial charge on any atom is -0.385 e. The van der Waals surface area contributed by atoms with Crippen molar-refractivity contribution in [2.75, 3.05) is 57.6 Å². The van der Waals surface area contributed by atoms with Crippen LogP contribution in [0.3, 0.4) is 0 Å². The molecule has 26 heavy (non-hydrogen) atoms. The number of nitriles is 1. The second-order valence-electron chi connectivity index (χ2n) is 7.24. The third kappa shape index (κ3) is 4.44. The Morgan fingerprint density at radius 3 is 2.96 bits per heavy atom. The molecular weight excluding hydrogens is 330 g/mol. The van der Waals surface area contributed by atoms with Crippen LogP contribution in [-0.4, -0.2) is 53.1 Å². The molecule has 4 N–H and O–H groups in total. The zero-order valence-corrected chi connectivity index (χ0v) is 15.9. The average molecular weight is 361 g/mol. The quantitative estimate of drug-likeness (QED) is 0.567. The van der Waals surface area contributed by atoms with E-state index in [2.05, 4.69) is 28.7 Å². The summed E-state index contributed by atoms with van der Waals surface area (Å²) in [5, 5.41) is 16.7. The lowest BCUT2D eigenvalue weighted by atomic mass is 9.96. The van der Waals surface area contributed by atoms with E-state index in [9.17, 15) is 5.26 Å². The Morgan fingerprint density at radius 2 is 2.23 bits per heavy atom. The van der Waals surface area contributed by atoms with Crippen molar-refractivity contribution in [1.29, 1.82) is 5.26 Å². The topological polar surface area (TPSA) is 84.9 Å². The van der Waals surface area contributed by atoms with E-state index in [1.165, 1.54) is 16.0 Å². The summed E-state index contributed by atoms with van der Waals surface area (Å²) in [7, 11) is 3.91. The molecule has 0 radical (unpaired) electrons. The molecule has 1 aromatic rings. The second-order valence-corrected chi connectivity index (χ2v) is 7.24. The molecule has 3 rings (SSSR count). The van der Waals surface area contributed by atoms with E-state index in [1.807, 2.05) is 0 Å². The number of H-pyrrole nitrogens is 1. The van der Waals surface area contributed by atoms with E-state index in [1.54, 1.807) is 7.11 Å². The van der Waals surface area contributed by atoms with Gasteiger partial charge >= 0.3 is 0 Å². The predicted molar refractivity (Wildman–Crippen MR) is 99.3 cm³/mol. The molecule has 2 atom stereocenters. The molecule has 0 spiro atoms. The largest absolute Gasteiger partial charge is 0.385 e. The molecule has 0 aromatic carbocycles. The molecule has 2 aliphatic heterocycles. The number of fused-ring (bicyclic) bond motifs is 1. The normalized spacial score (nSPS) is 21.9. The van der Waals surface area contributed by atoms with Gasteiger partial charge in [0.05, 0.1) is 38.3 Å². The van der Waals surface area contributed by atoms with Gasteiger partial charge in [-0.15, -0.1) is 0 Å². The standard InChI is InChI=1S/C19H29N5O2/c1-24-8-6-15-16(11-20)18(21-7-4-9-25-2)23-19(17(15)13-24)22-12-14-5-3-10-26-14/h14H,3-10,12-13H2,1-2H3,(H2,21,22,23)/p+2/t14-/m1/s1. The fraction of sp³-hybridized carbons (Fsp3) is 0.684. The molecule has 0 aliphatic carbocycles. The number of rotatable bonds is 8. The van der Waals surface area contributed by atoms with Crippen molar-refractivity contribution in [3.05, 3.63) is 16.7 Å². The van der Waals surface area contributed by atoms with Crippen molar-refractivity contribution >= 4 is 11.6 Å². The zero-order chi connectivity index (χ0) is 18.4. The lowest BCUT2D eigenvalue weighted by molar-refractivity contribution is -0.895. The molecule has 7 heteroatoms. The van der Waals surface area contributed by atoms with Crippen molar-refractivity contribution in [3.8, 4) is 6.07 Å². The molecular formula is C19H31N5O2+2. The van der Waals surface area contributed by atoms with Crippen LogP contribution in [0, 0.1) is 11.3 Å². The van der Waals surface area contributed by atoms with Crippen LogP contribution < -0.4 is 20.5 Å². The number of hydrogen-bond donors (Lipinski definition) is 3. The van der Waals surface area contributed by atoms with Crippen molar-refractivity contribution in [3.63, 3.8) is 0 Å². The predicted octanol–water partition coefficient (Wildman–Crippen LogP) is -0.0175. The van der Waals surface area contributed by atoms with Crippen molar-refractivity contribution in [1.82, 2.24) is 0 Å². The van der Waals surface area contributed by atoms with Crippen LogP contribution >= 0.6 is 0 Å². The molecule has 1 unspecified atom stereocenters. The number of aromatic nitrogens is 1. The Morgan fingerprint density at radius 1 is 1.35 bits per heavy atom. The number of pyridine rings is 1. The number of ether oxygens (including phenoxy) is 2. The van der Waals surface area contributed by atoms with Gasteiger partial charge in [-0.2, -0.15) is 5.26 Å². The smallest absolute Gasteiger partial charge is 0.237 e. The number of likely N-dealkylation sites (N-methyl/N-ethyl adjacent to an activating group) is 1.